The van der Waals surface area contributed by atoms with E-state index >= 15 is 0 Å². The summed E-state index contributed by atoms with van der Waals surface area (Å²) in [6.07, 6.45) is 1.59. The van der Waals surface area contributed by atoms with Crippen LogP contribution in [0, 0.1) is 0 Å². The molecule has 1 aliphatic heterocycles. The van der Waals surface area contributed by atoms with Gasteiger partial charge >= 0.3 is 0 Å². The molecule has 0 atom stereocenters. The summed E-state index contributed by atoms with van der Waals surface area (Å²) < 4.78 is 0. The molecule has 0 saturated heterocycles. The Labute approximate surface area is 109 Å². The molecule has 0 aromatic heterocycles. The summed E-state index contributed by atoms with van der Waals surface area (Å²) in [5, 5.41) is 34.5. The van der Waals surface area contributed by atoms with Crippen molar-refractivity contribution in [3.8, 4) is 17.2 Å². The maximum absolute atomic E-state index is 9.86. The van der Waals surface area contributed by atoms with Crippen LogP contribution in [-0.4, -0.2) is 21.5 Å². The lowest BCUT2D eigenvalue weighted by molar-refractivity contribution is 0.444. The first-order chi connectivity index (χ1) is 9.13. The van der Waals surface area contributed by atoms with E-state index in [0.29, 0.717) is 17.7 Å². The van der Waals surface area contributed by atoms with Crippen molar-refractivity contribution in [1.29, 1.82) is 0 Å². The third-order valence-corrected chi connectivity index (χ3v) is 3.04. The molecular formula is C14H12N2O3. The molecular weight excluding hydrogens is 244 g/mol. The summed E-state index contributed by atoms with van der Waals surface area (Å²) in [6.45, 7) is 0.405. The lowest BCUT2D eigenvalue weighted by Gasteiger charge is -2.24. The van der Waals surface area contributed by atoms with Crippen molar-refractivity contribution in [2.75, 3.05) is 5.01 Å². The van der Waals surface area contributed by atoms with Gasteiger partial charge in [-0.25, -0.2) is 0 Å². The molecule has 19 heavy (non-hydrogen) atoms. The first kappa shape index (κ1) is 11.4. The van der Waals surface area contributed by atoms with Crippen LogP contribution in [-0.2, 0) is 6.54 Å². The zero-order valence-electron chi connectivity index (χ0n) is 9.98. The van der Waals surface area contributed by atoms with Crippen LogP contribution in [0.4, 0.5) is 5.69 Å². The topological polar surface area (TPSA) is 76.3 Å². The molecule has 1 heterocycles. The largest absolute Gasteiger partial charge is 0.508 e. The predicted molar refractivity (Wildman–Crippen MR) is 71.7 cm³/mol. The predicted octanol–water partition coefficient (Wildman–Crippen LogP) is 2.16. The third kappa shape index (κ3) is 2.06. The second-order valence-corrected chi connectivity index (χ2v) is 4.35. The van der Waals surface area contributed by atoms with Crippen LogP contribution in [0.2, 0.25) is 0 Å². The molecule has 0 radical (unpaired) electrons. The number of phenolic OH excluding ortho intramolecular Hbond substituents is 3. The monoisotopic (exact) mass is 256 g/mol. The molecule has 0 amide bonds. The number of anilines is 1. The number of phenols is 3. The Morgan fingerprint density at radius 1 is 0.947 bits per heavy atom. The molecule has 5 nitrogen and oxygen atoms in total. The van der Waals surface area contributed by atoms with E-state index in [1.54, 1.807) is 41.6 Å². The van der Waals surface area contributed by atoms with Gasteiger partial charge in [-0.05, 0) is 30.3 Å². The number of rotatable bonds is 1. The van der Waals surface area contributed by atoms with Gasteiger partial charge in [-0.1, -0.05) is 0 Å². The summed E-state index contributed by atoms with van der Waals surface area (Å²) in [7, 11) is 0. The fourth-order valence-corrected chi connectivity index (χ4v) is 2.06. The van der Waals surface area contributed by atoms with Crippen LogP contribution in [0.15, 0.2) is 41.5 Å². The molecule has 1 aliphatic rings. The number of aromatic hydroxyl groups is 3. The van der Waals surface area contributed by atoms with Gasteiger partial charge in [0.1, 0.15) is 17.2 Å². The quantitative estimate of drug-likeness (QED) is 0.730. The number of benzene rings is 2. The number of fused-ring (bicyclic) bond motifs is 1. The van der Waals surface area contributed by atoms with E-state index in [1.807, 2.05) is 0 Å². The second-order valence-electron chi connectivity index (χ2n) is 4.35. The molecule has 3 N–H and O–H groups in total. The van der Waals surface area contributed by atoms with Crippen molar-refractivity contribution in [1.82, 2.24) is 0 Å². The van der Waals surface area contributed by atoms with E-state index in [9.17, 15) is 15.3 Å². The smallest absolute Gasteiger partial charge is 0.124 e. The van der Waals surface area contributed by atoms with E-state index < -0.39 is 0 Å². The molecule has 0 fully saturated rings. The minimum atomic E-state index is 0.0146. The SMILES string of the molecule is Oc1ccc(N2Cc3c(O)cc(O)cc3C=N2)cc1. The number of nitrogens with zero attached hydrogens (tertiary/aromatic N) is 2. The lowest BCUT2D eigenvalue weighted by atomic mass is 10.0. The van der Waals surface area contributed by atoms with Crippen LogP contribution in [0.1, 0.15) is 11.1 Å². The summed E-state index contributed by atoms with van der Waals surface area (Å²) in [5.74, 6) is 0.253. The Morgan fingerprint density at radius 2 is 1.68 bits per heavy atom. The van der Waals surface area contributed by atoms with E-state index in [4.69, 9.17) is 0 Å². The van der Waals surface area contributed by atoms with Crippen molar-refractivity contribution in [2.45, 2.75) is 6.54 Å². The first-order valence-electron chi connectivity index (χ1n) is 5.79. The van der Waals surface area contributed by atoms with Gasteiger partial charge in [0.2, 0.25) is 0 Å². The minimum Gasteiger partial charge on any atom is -0.508 e. The molecule has 3 rings (SSSR count). The fourth-order valence-electron chi connectivity index (χ4n) is 2.06. The summed E-state index contributed by atoms with van der Waals surface area (Å²) in [6, 6.07) is 9.53. The second kappa shape index (κ2) is 4.20. The summed E-state index contributed by atoms with van der Waals surface area (Å²) >= 11 is 0. The standard InChI is InChI=1S/C14H12N2O3/c17-11-3-1-10(2-4-11)16-8-13-9(7-15-16)5-12(18)6-14(13)19/h1-7,17-19H,8H2. The molecule has 5 heteroatoms. The fraction of sp³-hybridized carbons (Fsp3) is 0.0714. The van der Waals surface area contributed by atoms with Crippen molar-refractivity contribution in [3.63, 3.8) is 0 Å². The maximum atomic E-state index is 9.86. The normalized spacial score (nSPS) is 13.4. The lowest BCUT2D eigenvalue weighted by Crippen LogP contribution is -2.21. The minimum absolute atomic E-state index is 0.0146. The molecule has 0 aliphatic carbocycles. The highest BCUT2D eigenvalue weighted by atomic mass is 16.3. The molecule has 0 unspecified atom stereocenters. The average molecular weight is 256 g/mol. The molecule has 0 bridgehead atoms. The van der Waals surface area contributed by atoms with Crippen molar-refractivity contribution < 1.29 is 15.3 Å². The summed E-state index contributed by atoms with van der Waals surface area (Å²) in [4.78, 5) is 0. The number of hydrogen-bond donors (Lipinski definition) is 3. The van der Waals surface area contributed by atoms with Crippen LogP contribution in [0.5, 0.6) is 17.2 Å². The van der Waals surface area contributed by atoms with Crippen molar-refractivity contribution in [2.24, 2.45) is 5.10 Å². The molecule has 0 spiro atoms. The highest BCUT2D eigenvalue weighted by Gasteiger charge is 2.17. The Bertz CT molecular complexity index is 650. The van der Waals surface area contributed by atoms with Crippen molar-refractivity contribution >= 4 is 11.9 Å². The Morgan fingerprint density at radius 3 is 2.42 bits per heavy atom. The molecule has 2 aromatic carbocycles. The maximum Gasteiger partial charge on any atom is 0.124 e. The Hall–Kier alpha value is -2.69. The van der Waals surface area contributed by atoms with Gasteiger partial charge < -0.3 is 15.3 Å². The van der Waals surface area contributed by atoms with Gasteiger partial charge in [-0.2, -0.15) is 5.10 Å². The van der Waals surface area contributed by atoms with Gasteiger partial charge in [-0.3, -0.25) is 5.01 Å². The third-order valence-electron chi connectivity index (χ3n) is 3.04. The summed E-state index contributed by atoms with van der Waals surface area (Å²) in [5.41, 5.74) is 2.22. The van der Waals surface area contributed by atoms with Crippen LogP contribution in [0.25, 0.3) is 0 Å². The van der Waals surface area contributed by atoms with Gasteiger partial charge in [0, 0.05) is 17.2 Å². The first-order valence-corrected chi connectivity index (χ1v) is 5.79. The van der Waals surface area contributed by atoms with Crippen LogP contribution in [0.3, 0.4) is 0 Å². The zero-order valence-corrected chi connectivity index (χ0v) is 9.98. The number of hydrazone groups is 1. The van der Waals surface area contributed by atoms with Gasteiger partial charge in [0.25, 0.3) is 0 Å². The highest BCUT2D eigenvalue weighted by Crippen LogP contribution is 2.31. The molecule has 96 valence electrons. The van der Waals surface area contributed by atoms with E-state index in [0.717, 1.165) is 5.69 Å². The van der Waals surface area contributed by atoms with Gasteiger partial charge in [-0.15, -0.1) is 0 Å². The molecule has 0 saturated carbocycles. The van der Waals surface area contributed by atoms with Gasteiger partial charge in [0.15, 0.2) is 0 Å². The number of hydrogen-bond acceptors (Lipinski definition) is 5. The van der Waals surface area contributed by atoms with Crippen LogP contribution < -0.4 is 5.01 Å². The van der Waals surface area contributed by atoms with Crippen LogP contribution >= 0.6 is 0 Å². The Kier molecular flexibility index (Phi) is 2.52. The van der Waals surface area contributed by atoms with E-state index in [-0.39, 0.29) is 17.2 Å². The zero-order chi connectivity index (χ0) is 13.4. The van der Waals surface area contributed by atoms with Crippen molar-refractivity contribution in [3.05, 3.63) is 47.5 Å². The average Bonchev–Trinajstić information content (AvgIpc) is 2.39. The molecule has 2 aromatic rings. The highest BCUT2D eigenvalue weighted by molar-refractivity contribution is 5.86. The van der Waals surface area contributed by atoms with E-state index in [2.05, 4.69) is 5.10 Å². The Balaban J connectivity index is 1.97. The van der Waals surface area contributed by atoms with E-state index in [1.165, 1.54) is 6.07 Å². The van der Waals surface area contributed by atoms with Gasteiger partial charge in [0.05, 0.1) is 18.4 Å².